The lowest BCUT2D eigenvalue weighted by atomic mass is 9.53. The van der Waals surface area contributed by atoms with Gasteiger partial charge in [-0.3, -0.25) is 4.79 Å². The molecule has 1 amide bonds. The van der Waals surface area contributed by atoms with E-state index in [4.69, 9.17) is 4.74 Å². The number of nitrogens with zero attached hydrogens (tertiary/aromatic N) is 1. The molecular formula is C26H32Br2N2O3S. The Morgan fingerprint density at radius 3 is 2.88 bits per heavy atom. The second-order valence-electron chi connectivity index (χ2n) is 10.6. The lowest BCUT2D eigenvalue weighted by Crippen LogP contribution is -2.46. The van der Waals surface area contributed by atoms with E-state index >= 15 is 0 Å². The molecule has 2 saturated carbocycles. The highest BCUT2D eigenvalue weighted by atomic mass is 79.9. The number of fused-ring (bicyclic) bond motifs is 5. The summed E-state index contributed by atoms with van der Waals surface area (Å²) in [6.45, 7) is 4.43. The first kappa shape index (κ1) is 24.7. The Morgan fingerprint density at radius 2 is 2.18 bits per heavy atom. The van der Waals surface area contributed by atoms with E-state index in [0.717, 1.165) is 52.3 Å². The van der Waals surface area contributed by atoms with Gasteiger partial charge in [0.05, 0.1) is 15.0 Å². The van der Waals surface area contributed by atoms with Crippen LogP contribution in [0.2, 0.25) is 0 Å². The zero-order valence-corrected chi connectivity index (χ0v) is 23.9. The van der Waals surface area contributed by atoms with Crippen LogP contribution in [-0.2, 0) is 16.0 Å². The number of carbonyl (C=O) groups excluding carboxylic acids is 1. The number of aromatic hydroxyl groups is 1. The molecule has 0 spiro atoms. The number of phenols is 1. The largest absolute Gasteiger partial charge is 0.506 e. The van der Waals surface area contributed by atoms with E-state index in [1.807, 2.05) is 14.0 Å². The fourth-order valence-corrected chi connectivity index (χ4v) is 9.48. The Labute approximate surface area is 222 Å². The number of hydrogen-bond acceptors (Lipinski definition) is 5. The fraction of sp³-hybridized carbons (Fsp3) is 0.615. The van der Waals surface area contributed by atoms with Crippen LogP contribution in [0, 0.1) is 30.1 Å². The Morgan fingerprint density at radius 1 is 1.38 bits per heavy atom. The highest BCUT2D eigenvalue weighted by Gasteiger charge is 2.59. The molecule has 2 N–H and O–H groups in total. The quantitative estimate of drug-likeness (QED) is 0.375. The molecule has 184 valence electrons. The summed E-state index contributed by atoms with van der Waals surface area (Å²) in [5.74, 6) is 2.42. The van der Waals surface area contributed by atoms with Crippen molar-refractivity contribution >= 4 is 54.2 Å². The van der Waals surface area contributed by atoms with E-state index < -0.39 is 0 Å². The zero-order valence-electron chi connectivity index (χ0n) is 19.9. The molecule has 0 aliphatic heterocycles. The standard InChI is InChI=1S/C26H32Br2N2O3S/c1-13-12-29-25(34-13)30-21(31)7-4-14-10-20(33-3)26(2)9-8-15-16(22(14)26)5-6-17-18(15)11-19(27)24(32)23(17)28/h11-12,14-16,20,22,32H,4-10H2,1-3H3,(H,29,30,31)/t14-,15?,16?,20+,22?,26-/m1/s1. The van der Waals surface area contributed by atoms with Crippen molar-refractivity contribution in [3.8, 4) is 5.75 Å². The lowest BCUT2D eigenvalue weighted by molar-refractivity contribution is -0.116. The molecule has 0 saturated heterocycles. The number of aromatic nitrogens is 1. The van der Waals surface area contributed by atoms with Crippen molar-refractivity contribution in [3.05, 3.63) is 37.2 Å². The topological polar surface area (TPSA) is 71.5 Å². The first-order chi connectivity index (χ1) is 16.2. The Bertz CT molecular complexity index is 1110. The number of carbonyl (C=O) groups is 1. The van der Waals surface area contributed by atoms with E-state index in [-0.39, 0.29) is 17.4 Å². The van der Waals surface area contributed by atoms with Crippen molar-refractivity contribution in [1.29, 1.82) is 0 Å². The van der Waals surface area contributed by atoms with Gasteiger partial charge in [-0.2, -0.15) is 0 Å². The summed E-state index contributed by atoms with van der Waals surface area (Å²) in [6, 6.07) is 2.15. The molecule has 5 nitrogen and oxygen atoms in total. The third-order valence-electron chi connectivity index (χ3n) is 8.85. The summed E-state index contributed by atoms with van der Waals surface area (Å²) in [5.41, 5.74) is 2.79. The van der Waals surface area contributed by atoms with Crippen molar-refractivity contribution in [2.75, 3.05) is 12.4 Å². The summed E-state index contributed by atoms with van der Waals surface area (Å²) in [4.78, 5) is 18.1. The third kappa shape index (κ3) is 4.16. The Balaban J connectivity index is 1.38. The number of amides is 1. The second-order valence-corrected chi connectivity index (χ2v) is 13.4. The van der Waals surface area contributed by atoms with Gasteiger partial charge >= 0.3 is 0 Å². The molecule has 0 radical (unpaired) electrons. The first-order valence-corrected chi connectivity index (χ1v) is 14.6. The maximum absolute atomic E-state index is 12.7. The predicted molar refractivity (Wildman–Crippen MR) is 143 cm³/mol. The molecule has 1 aromatic heterocycles. The number of thiazole rings is 1. The molecule has 3 aliphatic rings. The minimum Gasteiger partial charge on any atom is -0.506 e. The van der Waals surface area contributed by atoms with Gasteiger partial charge in [0.25, 0.3) is 0 Å². The lowest BCUT2D eigenvalue weighted by Gasteiger charge is -2.52. The van der Waals surface area contributed by atoms with Crippen LogP contribution < -0.4 is 5.32 Å². The third-order valence-corrected chi connectivity index (χ3v) is 11.1. The second kappa shape index (κ2) is 9.49. The van der Waals surface area contributed by atoms with Crippen molar-refractivity contribution in [3.63, 3.8) is 0 Å². The minimum absolute atomic E-state index is 0.0570. The molecule has 3 aliphatic carbocycles. The molecular weight excluding hydrogens is 580 g/mol. The average molecular weight is 612 g/mol. The van der Waals surface area contributed by atoms with Crippen molar-refractivity contribution in [1.82, 2.24) is 4.98 Å². The van der Waals surface area contributed by atoms with Crippen LogP contribution in [0.5, 0.6) is 5.75 Å². The fourth-order valence-electron chi connectivity index (χ4n) is 7.44. The van der Waals surface area contributed by atoms with Gasteiger partial charge in [0.15, 0.2) is 5.13 Å². The normalized spacial score (nSPS) is 32.1. The summed E-state index contributed by atoms with van der Waals surface area (Å²) < 4.78 is 7.67. The van der Waals surface area contributed by atoms with Crippen molar-refractivity contribution < 1.29 is 14.6 Å². The number of nitrogens with one attached hydrogen (secondary N) is 1. The first-order valence-electron chi connectivity index (χ1n) is 12.2. The number of rotatable bonds is 5. The average Bonchev–Trinajstić information content (AvgIpc) is 3.35. The Hall–Kier alpha value is -0.960. The summed E-state index contributed by atoms with van der Waals surface area (Å²) in [7, 11) is 1.85. The van der Waals surface area contributed by atoms with Crippen LogP contribution >= 0.6 is 43.2 Å². The van der Waals surface area contributed by atoms with Crippen LogP contribution in [0.4, 0.5) is 5.13 Å². The van der Waals surface area contributed by atoms with Gasteiger partial charge in [-0.1, -0.05) is 6.92 Å². The van der Waals surface area contributed by atoms with E-state index in [1.165, 1.54) is 22.5 Å². The molecule has 1 heterocycles. The van der Waals surface area contributed by atoms with Crippen LogP contribution in [0.3, 0.4) is 0 Å². The number of aryl methyl sites for hydroxylation is 1. The number of phenolic OH excluding ortho intramolecular Hbond substituents is 1. The molecule has 2 fully saturated rings. The maximum Gasteiger partial charge on any atom is 0.226 e. The monoisotopic (exact) mass is 610 g/mol. The summed E-state index contributed by atoms with van der Waals surface area (Å²) >= 11 is 8.73. The van der Waals surface area contributed by atoms with E-state index in [2.05, 4.69) is 55.2 Å². The van der Waals surface area contributed by atoms with Gasteiger partial charge in [-0.05, 0) is 124 Å². The minimum atomic E-state index is 0.0570. The van der Waals surface area contributed by atoms with E-state index in [1.54, 1.807) is 6.20 Å². The highest BCUT2D eigenvalue weighted by Crippen LogP contribution is 2.64. The SMILES string of the molecule is CO[C@H]1C[C@@H](CCC(=O)Nc2ncc(C)s2)C2C3CCc4c(cc(Br)c(O)c4Br)C3CC[C@@]21C. The molecule has 0 bridgehead atoms. The van der Waals surface area contributed by atoms with Gasteiger partial charge in [0.2, 0.25) is 5.91 Å². The predicted octanol–water partition coefficient (Wildman–Crippen LogP) is 7.20. The van der Waals surface area contributed by atoms with Gasteiger partial charge in [-0.15, -0.1) is 11.3 Å². The number of methoxy groups -OCH3 is 1. The Kier molecular flexibility index (Phi) is 6.90. The van der Waals surface area contributed by atoms with Gasteiger partial charge < -0.3 is 15.2 Å². The summed E-state index contributed by atoms with van der Waals surface area (Å²) in [6.07, 6.45) is 8.84. The molecule has 3 unspecified atom stereocenters. The molecule has 6 atom stereocenters. The summed E-state index contributed by atoms with van der Waals surface area (Å²) in [5, 5.41) is 14.1. The number of halogens is 2. The van der Waals surface area contributed by atoms with Crippen LogP contribution in [-0.4, -0.2) is 29.2 Å². The molecule has 5 rings (SSSR count). The molecule has 1 aromatic carbocycles. The number of anilines is 1. The van der Waals surface area contributed by atoms with E-state index in [0.29, 0.717) is 41.0 Å². The van der Waals surface area contributed by atoms with Crippen molar-refractivity contribution in [2.24, 2.45) is 23.2 Å². The number of hydrogen-bond donors (Lipinski definition) is 2. The van der Waals surface area contributed by atoms with Gasteiger partial charge in [0.1, 0.15) is 5.75 Å². The smallest absolute Gasteiger partial charge is 0.226 e. The number of ether oxygens (including phenoxy) is 1. The highest BCUT2D eigenvalue weighted by molar-refractivity contribution is 9.11. The van der Waals surface area contributed by atoms with Crippen LogP contribution in [0.15, 0.2) is 21.2 Å². The van der Waals surface area contributed by atoms with Gasteiger partial charge in [-0.25, -0.2) is 4.98 Å². The maximum atomic E-state index is 12.7. The molecule has 2 aromatic rings. The number of benzene rings is 1. The molecule has 8 heteroatoms. The van der Waals surface area contributed by atoms with Crippen LogP contribution in [0.1, 0.15) is 67.4 Å². The van der Waals surface area contributed by atoms with Crippen LogP contribution in [0.25, 0.3) is 0 Å². The van der Waals surface area contributed by atoms with E-state index in [9.17, 15) is 9.90 Å². The molecule has 34 heavy (non-hydrogen) atoms. The van der Waals surface area contributed by atoms with Gasteiger partial charge in [0, 0.05) is 24.6 Å². The zero-order chi connectivity index (χ0) is 24.2. The van der Waals surface area contributed by atoms with Crippen molar-refractivity contribution in [2.45, 2.75) is 70.8 Å².